The first-order valence-corrected chi connectivity index (χ1v) is 6.51. The molecule has 1 heterocycles. The average Bonchev–Trinajstić information content (AvgIpc) is 2.36. The van der Waals surface area contributed by atoms with Gasteiger partial charge in [0.05, 0.1) is 0 Å². The second-order valence-electron chi connectivity index (χ2n) is 4.25. The van der Waals surface area contributed by atoms with E-state index in [0.717, 1.165) is 10.0 Å². The molecule has 1 N–H and O–H groups in total. The van der Waals surface area contributed by atoms with Crippen molar-refractivity contribution in [3.8, 4) is 0 Å². The third-order valence-corrected chi connectivity index (χ3v) is 3.30. The lowest BCUT2D eigenvalue weighted by atomic mass is 10.2. The molecule has 0 unspecified atom stereocenters. The van der Waals surface area contributed by atoms with Gasteiger partial charge >= 0.3 is 0 Å². The number of amides is 1. The van der Waals surface area contributed by atoms with Crippen LogP contribution in [0.25, 0.3) is 0 Å². The van der Waals surface area contributed by atoms with Gasteiger partial charge in [0, 0.05) is 23.4 Å². The normalized spacial score (nSPS) is 10.3. The van der Waals surface area contributed by atoms with E-state index in [0.29, 0.717) is 5.69 Å². The van der Waals surface area contributed by atoms with Crippen LogP contribution >= 0.6 is 15.9 Å². The summed E-state index contributed by atoms with van der Waals surface area (Å²) < 4.78 is 2.32. The van der Waals surface area contributed by atoms with Crippen LogP contribution in [-0.2, 0) is 7.05 Å². The first-order chi connectivity index (χ1) is 8.99. The van der Waals surface area contributed by atoms with Crippen molar-refractivity contribution in [1.82, 2.24) is 4.57 Å². The maximum Gasteiger partial charge on any atom is 0.263 e. The number of pyridine rings is 1. The molecule has 0 bridgehead atoms. The molecule has 5 heteroatoms. The van der Waals surface area contributed by atoms with Gasteiger partial charge in [-0.1, -0.05) is 15.9 Å². The number of halogens is 1. The van der Waals surface area contributed by atoms with Gasteiger partial charge in [0.15, 0.2) is 0 Å². The molecule has 0 spiro atoms. The molecule has 0 saturated carbocycles. The highest BCUT2D eigenvalue weighted by Crippen LogP contribution is 2.20. The number of hydrogen-bond acceptors (Lipinski definition) is 2. The molecule has 98 valence electrons. The summed E-state index contributed by atoms with van der Waals surface area (Å²) in [5, 5.41) is 2.75. The van der Waals surface area contributed by atoms with Crippen LogP contribution in [0.15, 0.2) is 45.8 Å². The zero-order valence-corrected chi connectivity index (χ0v) is 12.2. The van der Waals surface area contributed by atoms with E-state index in [9.17, 15) is 9.59 Å². The molecule has 1 aromatic carbocycles. The minimum Gasteiger partial charge on any atom is -0.322 e. The lowest BCUT2D eigenvalue weighted by molar-refractivity contribution is 0.102. The summed E-state index contributed by atoms with van der Waals surface area (Å²) in [5.41, 5.74) is 1.44. The molecule has 0 saturated heterocycles. The number of anilines is 1. The summed E-state index contributed by atoms with van der Waals surface area (Å²) in [7, 11) is 1.62. The monoisotopic (exact) mass is 320 g/mol. The largest absolute Gasteiger partial charge is 0.322 e. The highest BCUT2D eigenvalue weighted by Gasteiger charge is 2.12. The maximum atomic E-state index is 12.1. The van der Waals surface area contributed by atoms with Crippen molar-refractivity contribution in [3.05, 3.63) is 62.5 Å². The predicted octanol–water partition coefficient (Wildman–Crippen LogP) is 2.71. The van der Waals surface area contributed by atoms with E-state index in [1.807, 2.05) is 19.1 Å². The molecule has 2 rings (SSSR count). The highest BCUT2D eigenvalue weighted by atomic mass is 79.9. The van der Waals surface area contributed by atoms with Gasteiger partial charge in [-0.25, -0.2) is 0 Å². The Hall–Kier alpha value is -1.88. The number of nitrogens with zero attached hydrogens (tertiary/aromatic N) is 1. The molecule has 0 atom stereocenters. The maximum absolute atomic E-state index is 12.1. The second-order valence-corrected chi connectivity index (χ2v) is 5.17. The molecule has 0 aliphatic heterocycles. The molecular weight excluding hydrogens is 308 g/mol. The molecule has 19 heavy (non-hydrogen) atoms. The molecule has 0 aliphatic carbocycles. The quantitative estimate of drug-likeness (QED) is 0.925. The van der Waals surface area contributed by atoms with Crippen LogP contribution in [0.4, 0.5) is 5.69 Å². The summed E-state index contributed by atoms with van der Waals surface area (Å²) in [5.74, 6) is -0.397. The predicted molar refractivity (Wildman–Crippen MR) is 78.5 cm³/mol. The van der Waals surface area contributed by atoms with Crippen LogP contribution in [0.2, 0.25) is 0 Å². The van der Waals surface area contributed by atoms with Gasteiger partial charge in [-0.3, -0.25) is 9.59 Å². The van der Waals surface area contributed by atoms with Crippen LogP contribution in [0, 0.1) is 6.92 Å². The fourth-order valence-electron chi connectivity index (χ4n) is 1.73. The zero-order valence-electron chi connectivity index (χ0n) is 10.6. The van der Waals surface area contributed by atoms with Crippen molar-refractivity contribution < 1.29 is 4.79 Å². The van der Waals surface area contributed by atoms with Gasteiger partial charge in [-0.05, 0) is 42.8 Å². The summed E-state index contributed by atoms with van der Waals surface area (Å²) in [6, 6.07) is 8.73. The fourth-order valence-corrected chi connectivity index (χ4v) is 2.20. The van der Waals surface area contributed by atoms with Crippen molar-refractivity contribution in [1.29, 1.82) is 0 Å². The van der Waals surface area contributed by atoms with E-state index < -0.39 is 5.91 Å². The van der Waals surface area contributed by atoms with E-state index in [1.165, 1.54) is 10.6 Å². The zero-order chi connectivity index (χ0) is 14.0. The molecule has 0 fully saturated rings. The molecule has 0 radical (unpaired) electrons. The van der Waals surface area contributed by atoms with Crippen molar-refractivity contribution in [3.63, 3.8) is 0 Å². The Morgan fingerprint density at radius 1 is 1.32 bits per heavy atom. The second kappa shape index (κ2) is 5.40. The van der Waals surface area contributed by atoms with E-state index in [4.69, 9.17) is 0 Å². The number of benzene rings is 1. The number of rotatable bonds is 2. The van der Waals surface area contributed by atoms with Gasteiger partial charge in [0.1, 0.15) is 5.56 Å². The number of aromatic nitrogens is 1. The van der Waals surface area contributed by atoms with Crippen LogP contribution in [0.5, 0.6) is 0 Å². The Morgan fingerprint density at radius 2 is 2.05 bits per heavy atom. The summed E-state index contributed by atoms with van der Waals surface area (Å²) in [6.07, 6.45) is 1.62. The Labute approximate surface area is 119 Å². The number of aryl methyl sites for hydroxylation is 2. The molecule has 1 amide bonds. The van der Waals surface area contributed by atoms with Crippen molar-refractivity contribution >= 4 is 27.5 Å². The van der Waals surface area contributed by atoms with Crippen LogP contribution in [0.1, 0.15) is 15.9 Å². The van der Waals surface area contributed by atoms with E-state index >= 15 is 0 Å². The number of carbonyl (C=O) groups is 1. The van der Waals surface area contributed by atoms with Crippen LogP contribution in [-0.4, -0.2) is 10.5 Å². The molecule has 0 aliphatic rings. The first-order valence-electron chi connectivity index (χ1n) is 5.72. The van der Waals surface area contributed by atoms with Gasteiger partial charge in [-0.2, -0.15) is 0 Å². The van der Waals surface area contributed by atoms with E-state index in [1.54, 1.807) is 25.4 Å². The fraction of sp³-hybridized carbons (Fsp3) is 0.143. The molecule has 2 aromatic rings. The van der Waals surface area contributed by atoms with Crippen molar-refractivity contribution in [2.24, 2.45) is 7.05 Å². The molecule has 4 nitrogen and oxygen atoms in total. The van der Waals surface area contributed by atoms with Crippen LogP contribution < -0.4 is 10.9 Å². The van der Waals surface area contributed by atoms with Crippen molar-refractivity contribution in [2.75, 3.05) is 5.32 Å². The first kappa shape index (κ1) is 13.5. The number of hydrogen-bond donors (Lipinski definition) is 1. The van der Waals surface area contributed by atoms with Gasteiger partial charge < -0.3 is 9.88 Å². The Balaban J connectivity index is 2.31. The third-order valence-electron chi connectivity index (χ3n) is 2.80. The highest BCUT2D eigenvalue weighted by molar-refractivity contribution is 9.10. The minimum atomic E-state index is -0.397. The molecular formula is C14H13BrN2O2. The lowest BCUT2D eigenvalue weighted by Crippen LogP contribution is -2.27. The smallest absolute Gasteiger partial charge is 0.263 e. The summed E-state index contributed by atoms with van der Waals surface area (Å²) in [6.45, 7) is 1.89. The van der Waals surface area contributed by atoms with Crippen molar-refractivity contribution in [2.45, 2.75) is 6.92 Å². The average molecular weight is 321 g/mol. The Bertz CT molecular complexity index is 692. The van der Waals surface area contributed by atoms with Gasteiger partial charge in [0.2, 0.25) is 0 Å². The lowest BCUT2D eigenvalue weighted by Gasteiger charge is -2.09. The Kier molecular flexibility index (Phi) is 3.85. The van der Waals surface area contributed by atoms with Crippen LogP contribution in [0.3, 0.4) is 0 Å². The van der Waals surface area contributed by atoms with Gasteiger partial charge in [-0.15, -0.1) is 0 Å². The number of nitrogens with one attached hydrogen (secondary N) is 1. The van der Waals surface area contributed by atoms with Gasteiger partial charge in [0.25, 0.3) is 11.5 Å². The Morgan fingerprint density at radius 3 is 2.74 bits per heavy atom. The molecule has 1 aromatic heterocycles. The van der Waals surface area contributed by atoms with E-state index in [-0.39, 0.29) is 11.1 Å². The standard InChI is InChI=1S/C14H13BrN2O2/c1-9-8-10(15)5-6-12(9)16-13(18)11-4-3-7-17(2)14(11)19/h3-8H,1-2H3,(H,16,18). The summed E-state index contributed by atoms with van der Waals surface area (Å²) in [4.78, 5) is 23.9. The topological polar surface area (TPSA) is 51.1 Å². The number of carbonyl (C=O) groups excluding carboxylic acids is 1. The third kappa shape index (κ3) is 2.93. The summed E-state index contributed by atoms with van der Waals surface area (Å²) >= 11 is 3.36. The minimum absolute atomic E-state index is 0.132. The van der Waals surface area contributed by atoms with E-state index in [2.05, 4.69) is 21.2 Å². The SMILES string of the molecule is Cc1cc(Br)ccc1NC(=O)c1cccn(C)c1=O.